The van der Waals surface area contributed by atoms with Crippen molar-refractivity contribution in [2.75, 3.05) is 0 Å². The quantitative estimate of drug-likeness (QED) is 0.807. The van der Waals surface area contributed by atoms with Crippen LogP contribution < -0.4 is 0 Å². The van der Waals surface area contributed by atoms with Crippen LogP contribution in [0.25, 0.3) is 0 Å². The molecule has 14 heavy (non-hydrogen) atoms. The van der Waals surface area contributed by atoms with Crippen molar-refractivity contribution in [2.24, 2.45) is 7.05 Å². The van der Waals surface area contributed by atoms with Gasteiger partial charge in [0.25, 0.3) is 0 Å². The summed E-state index contributed by atoms with van der Waals surface area (Å²) in [7, 11) is 1.91. The van der Waals surface area contributed by atoms with Crippen LogP contribution in [0.1, 0.15) is 19.2 Å². The zero-order valence-electron chi connectivity index (χ0n) is 8.30. The van der Waals surface area contributed by atoms with Crippen molar-refractivity contribution < 1.29 is 9.90 Å². The van der Waals surface area contributed by atoms with Crippen LogP contribution in [0.15, 0.2) is 12.4 Å². The molecule has 0 amide bonds. The highest BCUT2D eigenvalue weighted by Gasteiger charge is 2.15. The molecular formula is C9H14N2O2S. The highest BCUT2D eigenvalue weighted by Crippen LogP contribution is 2.19. The maximum atomic E-state index is 10.7. The number of hydrogen-bond donors (Lipinski definition) is 1. The highest BCUT2D eigenvalue weighted by molar-refractivity contribution is 7.99. The fraction of sp³-hybridized carbons (Fsp3) is 0.556. The van der Waals surface area contributed by atoms with Gasteiger partial charge in [-0.1, -0.05) is 6.92 Å². The minimum atomic E-state index is -0.744. The Hall–Kier alpha value is -0.970. The van der Waals surface area contributed by atoms with Crippen LogP contribution in [-0.2, 0) is 17.6 Å². The highest BCUT2D eigenvalue weighted by atomic mass is 32.2. The zero-order valence-corrected chi connectivity index (χ0v) is 9.12. The molecule has 4 nitrogen and oxygen atoms in total. The number of carboxylic acids is 1. The molecule has 1 heterocycles. The Balaban J connectivity index is 2.47. The summed E-state index contributed by atoms with van der Waals surface area (Å²) in [5, 5.41) is 8.50. The first-order valence-electron chi connectivity index (χ1n) is 4.45. The molecule has 0 radical (unpaired) electrons. The van der Waals surface area contributed by atoms with Gasteiger partial charge in [0.2, 0.25) is 0 Å². The van der Waals surface area contributed by atoms with E-state index in [4.69, 9.17) is 5.11 Å². The standard InChI is InChI=1S/C9H14N2O2S/c1-3-7(9(12)13)14-6-8-10-4-5-11(8)2/h4-5,7H,3,6H2,1-2H3,(H,12,13). The Labute approximate surface area is 87.3 Å². The smallest absolute Gasteiger partial charge is 0.316 e. The first-order chi connectivity index (χ1) is 6.65. The van der Waals surface area contributed by atoms with E-state index in [0.717, 1.165) is 5.82 Å². The monoisotopic (exact) mass is 214 g/mol. The molecule has 1 atom stereocenters. The number of nitrogens with zero attached hydrogens (tertiary/aromatic N) is 2. The summed E-state index contributed by atoms with van der Waals surface area (Å²) >= 11 is 1.42. The Morgan fingerprint density at radius 3 is 2.93 bits per heavy atom. The molecule has 0 aromatic carbocycles. The van der Waals surface area contributed by atoms with E-state index in [2.05, 4.69) is 4.98 Å². The minimum Gasteiger partial charge on any atom is -0.480 e. The van der Waals surface area contributed by atoms with Crippen LogP contribution in [0.4, 0.5) is 0 Å². The molecule has 0 fully saturated rings. The van der Waals surface area contributed by atoms with Gasteiger partial charge in [0.15, 0.2) is 0 Å². The molecular weight excluding hydrogens is 200 g/mol. The van der Waals surface area contributed by atoms with Gasteiger partial charge in [0.05, 0.1) is 5.75 Å². The number of carboxylic acid groups (broad SMARTS) is 1. The molecule has 0 bridgehead atoms. The number of aromatic nitrogens is 2. The number of aliphatic carboxylic acids is 1. The summed E-state index contributed by atoms with van der Waals surface area (Å²) in [4.78, 5) is 14.9. The predicted octanol–water partition coefficient (Wildman–Crippen LogP) is 1.52. The van der Waals surface area contributed by atoms with Crippen molar-refractivity contribution in [3.63, 3.8) is 0 Å². The van der Waals surface area contributed by atoms with Gasteiger partial charge in [-0.2, -0.15) is 0 Å². The normalized spacial score (nSPS) is 12.7. The summed E-state index contributed by atoms with van der Waals surface area (Å²) in [6.45, 7) is 1.88. The van der Waals surface area contributed by atoms with E-state index < -0.39 is 5.97 Å². The van der Waals surface area contributed by atoms with Gasteiger partial charge >= 0.3 is 5.97 Å². The lowest BCUT2D eigenvalue weighted by Gasteiger charge is -2.08. The summed E-state index contributed by atoms with van der Waals surface area (Å²) in [6.07, 6.45) is 4.22. The molecule has 0 saturated carbocycles. The Bertz CT molecular complexity index is 312. The van der Waals surface area contributed by atoms with E-state index in [9.17, 15) is 4.79 Å². The molecule has 5 heteroatoms. The third-order valence-electron chi connectivity index (χ3n) is 1.98. The second-order valence-electron chi connectivity index (χ2n) is 3.00. The first kappa shape index (κ1) is 11.1. The Morgan fingerprint density at radius 1 is 1.79 bits per heavy atom. The maximum Gasteiger partial charge on any atom is 0.316 e. The summed E-state index contributed by atoms with van der Waals surface area (Å²) in [5.74, 6) is 0.815. The first-order valence-corrected chi connectivity index (χ1v) is 5.50. The minimum absolute atomic E-state index is 0.327. The molecule has 0 aliphatic carbocycles. The van der Waals surface area contributed by atoms with Crippen molar-refractivity contribution in [3.8, 4) is 0 Å². The van der Waals surface area contributed by atoms with Gasteiger partial charge in [-0.15, -0.1) is 11.8 Å². The molecule has 78 valence electrons. The average Bonchev–Trinajstić information content (AvgIpc) is 2.52. The van der Waals surface area contributed by atoms with E-state index in [1.54, 1.807) is 6.20 Å². The molecule has 1 aromatic heterocycles. The molecule has 0 aliphatic heterocycles. The number of thioether (sulfide) groups is 1. The van der Waals surface area contributed by atoms with Gasteiger partial charge in [0.1, 0.15) is 11.1 Å². The van der Waals surface area contributed by atoms with Crippen LogP contribution in [0, 0.1) is 0 Å². The number of carbonyl (C=O) groups is 1. The summed E-state index contributed by atoms with van der Waals surface area (Å²) in [6, 6.07) is 0. The lowest BCUT2D eigenvalue weighted by atomic mass is 10.3. The number of imidazole rings is 1. The second kappa shape index (κ2) is 5.05. The SMILES string of the molecule is CCC(SCc1nccn1C)C(=O)O. The topological polar surface area (TPSA) is 55.1 Å². The fourth-order valence-electron chi connectivity index (χ4n) is 1.07. The van der Waals surface area contributed by atoms with Gasteiger partial charge < -0.3 is 9.67 Å². The average molecular weight is 214 g/mol. The maximum absolute atomic E-state index is 10.7. The Kier molecular flexibility index (Phi) is 4.00. The molecule has 1 N–H and O–H groups in total. The molecule has 1 rings (SSSR count). The van der Waals surface area contributed by atoms with Crippen LogP contribution in [0.5, 0.6) is 0 Å². The summed E-state index contributed by atoms with van der Waals surface area (Å²) in [5.41, 5.74) is 0. The predicted molar refractivity (Wildman–Crippen MR) is 56.2 cm³/mol. The fourth-order valence-corrected chi connectivity index (χ4v) is 2.08. The van der Waals surface area contributed by atoms with Crippen LogP contribution in [0.3, 0.4) is 0 Å². The van der Waals surface area contributed by atoms with Crippen molar-refractivity contribution in [1.29, 1.82) is 0 Å². The molecule has 1 aromatic rings. The van der Waals surface area contributed by atoms with Crippen molar-refractivity contribution in [3.05, 3.63) is 18.2 Å². The number of rotatable bonds is 5. The molecule has 0 spiro atoms. The summed E-state index contributed by atoms with van der Waals surface area (Å²) < 4.78 is 1.90. The molecule has 0 saturated heterocycles. The lowest BCUT2D eigenvalue weighted by Crippen LogP contribution is -2.15. The van der Waals surface area contributed by atoms with Crippen molar-refractivity contribution in [1.82, 2.24) is 9.55 Å². The van der Waals surface area contributed by atoms with Crippen LogP contribution >= 0.6 is 11.8 Å². The largest absolute Gasteiger partial charge is 0.480 e. The van der Waals surface area contributed by atoms with E-state index in [1.807, 2.05) is 24.7 Å². The third kappa shape index (κ3) is 2.77. The molecule has 0 aliphatic rings. The van der Waals surface area contributed by atoms with Crippen LogP contribution in [-0.4, -0.2) is 25.9 Å². The third-order valence-corrected chi connectivity index (χ3v) is 3.34. The number of hydrogen-bond acceptors (Lipinski definition) is 3. The molecule has 1 unspecified atom stereocenters. The van der Waals surface area contributed by atoms with Gasteiger partial charge in [-0.25, -0.2) is 4.98 Å². The van der Waals surface area contributed by atoms with E-state index >= 15 is 0 Å². The van der Waals surface area contributed by atoms with Crippen LogP contribution in [0.2, 0.25) is 0 Å². The van der Waals surface area contributed by atoms with Gasteiger partial charge in [0, 0.05) is 19.4 Å². The number of aryl methyl sites for hydroxylation is 1. The van der Waals surface area contributed by atoms with Crippen molar-refractivity contribution >= 4 is 17.7 Å². The van der Waals surface area contributed by atoms with Gasteiger partial charge in [-0.05, 0) is 6.42 Å². The zero-order chi connectivity index (χ0) is 10.6. The van der Waals surface area contributed by atoms with Crippen molar-refractivity contribution in [2.45, 2.75) is 24.3 Å². The van der Waals surface area contributed by atoms with E-state index in [0.29, 0.717) is 12.2 Å². The Morgan fingerprint density at radius 2 is 2.50 bits per heavy atom. The van der Waals surface area contributed by atoms with E-state index in [-0.39, 0.29) is 5.25 Å². The van der Waals surface area contributed by atoms with Gasteiger partial charge in [-0.3, -0.25) is 4.79 Å². The second-order valence-corrected chi connectivity index (χ2v) is 4.19. The lowest BCUT2D eigenvalue weighted by molar-refractivity contribution is -0.136. The van der Waals surface area contributed by atoms with E-state index in [1.165, 1.54) is 11.8 Å².